The maximum absolute atomic E-state index is 13.6. The Hall–Kier alpha value is -2.07. The highest BCUT2D eigenvalue weighted by atomic mass is 35.5. The summed E-state index contributed by atoms with van der Waals surface area (Å²) in [6.45, 7) is 0.433. The van der Waals surface area contributed by atoms with Crippen LogP contribution in [0.3, 0.4) is 0 Å². The van der Waals surface area contributed by atoms with Crippen molar-refractivity contribution < 1.29 is 14.3 Å². The molecule has 2 rings (SSSR count). The van der Waals surface area contributed by atoms with Crippen LogP contribution < -0.4 is 5.32 Å². The van der Waals surface area contributed by atoms with Crippen LogP contribution in [0.2, 0.25) is 5.02 Å². The largest absolute Gasteiger partial charge is 0.478 e. The fraction of sp³-hybridized carbons (Fsp3) is 0.133. The number of carboxylic acids is 1. The van der Waals surface area contributed by atoms with E-state index in [1.165, 1.54) is 18.2 Å². The van der Waals surface area contributed by atoms with Crippen LogP contribution in [0.1, 0.15) is 15.9 Å². The molecule has 0 radical (unpaired) electrons. The lowest BCUT2D eigenvalue weighted by atomic mass is 10.1. The number of hydrogen-bond donors (Lipinski definition) is 2. The van der Waals surface area contributed by atoms with Crippen molar-refractivity contribution in [2.45, 2.75) is 6.42 Å². The molecule has 0 spiro atoms. The van der Waals surface area contributed by atoms with Crippen molar-refractivity contribution in [1.29, 1.82) is 0 Å². The van der Waals surface area contributed by atoms with Gasteiger partial charge in [0.25, 0.3) is 0 Å². The lowest BCUT2D eigenvalue weighted by Crippen LogP contribution is -2.11. The number of anilines is 1. The van der Waals surface area contributed by atoms with Crippen molar-refractivity contribution in [1.82, 2.24) is 0 Å². The van der Waals surface area contributed by atoms with Gasteiger partial charge in [-0.25, -0.2) is 9.18 Å². The van der Waals surface area contributed by atoms with Gasteiger partial charge in [-0.3, -0.25) is 0 Å². The summed E-state index contributed by atoms with van der Waals surface area (Å²) in [6, 6.07) is 11.3. The number of hydrogen-bond acceptors (Lipinski definition) is 2. The van der Waals surface area contributed by atoms with Gasteiger partial charge in [0, 0.05) is 11.6 Å². The maximum Gasteiger partial charge on any atom is 0.337 e. The van der Waals surface area contributed by atoms with E-state index in [0.717, 1.165) is 5.56 Å². The molecule has 0 saturated carbocycles. The number of benzene rings is 2. The normalized spacial score (nSPS) is 10.3. The van der Waals surface area contributed by atoms with Crippen LogP contribution in [0, 0.1) is 5.82 Å². The van der Waals surface area contributed by atoms with Crippen LogP contribution >= 0.6 is 11.6 Å². The Balaban J connectivity index is 2.04. The molecule has 5 heteroatoms. The first-order chi connectivity index (χ1) is 9.58. The van der Waals surface area contributed by atoms with E-state index < -0.39 is 11.8 Å². The minimum atomic E-state index is -1.15. The molecule has 0 saturated heterocycles. The predicted octanol–water partition coefficient (Wildman–Crippen LogP) is 3.83. The number of carbonyl (C=O) groups is 1. The first kappa shape index (κ1) is 14.3. The summed E-state index contributed by atoms with van der Waals surface area (Å²) in [7, 11) is 0. The number of aromatic carboxylic acids is 1. The summed E-state index contributed by atoms with van der Waals surface area (Å²) in [5, 5.41) is 12.5. The summed E-state index contributed by atoms with van der Waals surface area (Å²) < 4.78 is 13.6. The van der Waals surface area contributed by atoms with Gasteiger partial charge >= 0.3 is 5.97 Å². The van der Waals surface area contributed by atoms with Crippen LogP contribution in [-0.4, -0.2) is 17.6 Å². The van der Waals surface area contributed by atoms with Crippen molar-refractivity contribution in [3.63, 3.8) is 0 Å². The molecule has 0 bridgehead atoms. The Morgan fingerprint density at radius 1 is 1.20 bits per heavy atom. The van der Waals surface area contributed by atoms with Gasteiger partial charge < -0.3 is 10.4 Å². The Morgan fingerprint density at radius 2 is 1.90 bits per heavy atom. The molecule has 0 amide bonds. The van der Waals surface area contributed by atoms with Gasteiger partial charge in [0.2, 0.25) is 0 Å². The standard InChI is InChI=1S/C15H13ClFNO2/c16-11-6-4-10(5-7-11)8-9-18-14-12(15(19)20)2-1-3-13(14)17/h1-7,18H,8-9H2,(H,19,20). The second-order valence-electron chi connectivity index (χ2n) is 4.27. The van der Waals surface area contributed by atoms with Gasteiger partial charge in [0.15, 0.2) is 0 Å². The summed E-state index contributed by atoms with van der Waals surface area (Å²) in [5.41, 5.74) is 0.991. The molecule has 3 nitrogen and oxygen atoms in total. The molecule has 2 N–H and O–H groups in total. The van der Waals surface area contributed by atoms with Crippen LogP contribution in [0.15, 0.2) is 42.5 Å². The second kappa shape index (κ2) is 6.39. The van der Waals surface area contributed by atoms with Crippen LogP contribution in [0.4, 0.5) is 10.1 Å². The van der Waals surface area contributed by atoms with E-state index in [-0.39, 0.29) is 11.3 Å². The quantitative estimate of drug-likeness (QED) is 0.881. The molecule has 2 aromatic carbocycles. The Morgan fingerprint density at radius 3 is 2.55 bits per heavy atom. The summed E-state index contributed by atoms with van der Waals surface area (Å²) >= 11 is 5.79. The van der Waals surface area contributed by atoms with Crippen molar-refractivity contribution in [3.05, 3.63) is 64.4 Å². The van der Waals surface area contributed by atoms with Gasteiger partial charge in [0.1, 0.15) is 5.82 Å². The third-order valence-corrected chi connectivity index (χ3v) is 3.12. The maximum atomic E-state index is 13.6. The first-order valence-corrected chi connectivity index (χ1v) is 6.46. The molecular weight excluding hydrogens is 281 g/mol. The predicted molar refractivity (Wildman–Crippen MR) is 77.0 cm³/mol. The first-order valence-electron chi connectivity index (χ1n) is 6.08. The highest BCUT2D eigenvalue weighted by Crippen LogP contribution is 2.20. The highest BCUT2D eigenvalue weighted by Gasteiger charge is 2.13. The molecule has 0 atom stereocenters. The van der Waals surface area contributed by atoms with E-state index in [0.29, 0.717) is 18.0 Å². The van der Waals surface area contributed by atoms with Gasteiger partial charge in [-0.2, -0.15) is 0 Å². The minimum Gasteiger partial charge on any atom is -0.478 e. The molecular formula is C15H13ClFNO2. The molecule has 2 aromatic rings. The van der Waals surface area contributed by atoms with E-state index in [9.17, 15) is 9.18 Å². The smallest absolute Gasteiger partial charge is 0.337 e. The SMILES string of the molecule is O=C(O)c1cccc(F)c1NCCc1ccc(Cl)cc1. The Labute approximate surface area is 121 Å². The van der Waals surface area contributed by atoms with Gasteiger partial charge in [-0.05, 0) is 36.2 Å². The summed E-state index contributed by atoms with van der Waals surface area (Å²) in [4.78, 5) is 11.0. The van der Waals surface area contributed by atoms with Crippen molar-refractivity contribution in [2.75, 3.05) is 11.9 Å². The van der Waals surface area contributed by atoms with Crippen LogP contribution in [-0.2, 0) is 6.42 Å². The van der Waals surface area contributed by atoms with Gasteiger partial charge in [-0.1, -0.05) is 29.8 Å². The molecule has 0 unspecified atom stereocenters. The number of para-hydroxylation sites is 1. The van der Waals surface area contributed by atoms with Crippen molar-refractivity contribution in [2.24, 2.45) is 0 Å². The molecule has 0 aliphatic carbocycles. The fourth-order valence-corrected chi connectivity index (χ4v) is 1.99. The molecule has 0 aliphatic heterocycles. The van der Waals surface area contributed by atoms with E-state index in [2.05, 4.69) is 5.32 Å². The van der Waals surface area contributed by atoms with E-state index in [1.54, 1.807) is 12.1 Å². The zero-order chi connectivity index (χ0) is 14.5. The average molecular weight is 294 g/mol. The van der Waals surface area contributed by atoms with Crippen LogP contribution in [0.25, 0.3) is 0 Å². The van der Waals surface area contributed by atoms with Gasteiger partial charge in [-0.15, -0.1) is 0 Å². The monoisotopic (exact) mass is 293 g/mol. The molecule has 104 valence electrons. The summed E-state index contributed by atoms with van der Waals surface area (Å²) in [5.74, 6) is -1.72. The molecule has 0 aliphatic rings. The van der Waals surface area contributed by atoms with Crippen molar-refractivity contribution >= 4 is 23.3 Å². The number of rotatable bonds is 5. The zero-order valence-corrected chi connectivity index (χ0v) is 11.3. The number of halogens is 2. The van der Waals surface area contributed by atoms with Crippen LogP contribution in [0.5, 0.6) is 0 Å². The fourth-order valence-electron chi connectivity index (χ4n) is 1.86. The summed E-state index contributed by atoms with van der Waals surface area (Å²) in [6.07, 6.45) is 0.643. The highest BCUT2D eigenvalue weighted by molar-refractivity contribution is 6.30. The van der Waals surface area contributed by atoms with Gasteiger partial charge in [0.05, 0.1) is 11.3 Å². The third kappa shape index (κ3) is 3.48. The van der Waals surface area contributed by atoms with E-state index in [1.807, 2.05) is 12.1 Å². The Kier molecular flexibility index (Phi) is 4.58. The molecule has 0 heterocycles. The lowest BCUT2D eigenvalue weighted by molar-refractivity contribution is 0.0697. The number of nitrogens with one attached hydrogen (secondary N) is 1. The number of carboxylic acid groups (broad SMARTS) is 1. The molecule has 0 aromatic heterocycles. The zero-order valence-electron chi connectivity index (χ0n) is 10.6. The van der Waals surface area contributed by atoms with E-state index >= 15 is 0 Å². The lowest BCUT2D eigenvalue weighted by Gasteiger charge is -2.10. The third-order valence-electron chi connectivity index (χ3n) is 2.87. The average Bonchev–Trinajstić information content (AvgIpc) is 2.42. The topological polar surface area (TPSA) is 49.3 Å². The van der Waals surface area contributed by atoms with E-state index in [4.69, 9.17) is 16.7 Å². The van der Waals surface area contributed by atoms with Crippen molar-refractivity contribution in [3.8, 4) is 0 Å². The molecule has 20 heavy (non-hydrogen) atoms. The second-order valence-corrected chi connectivity index (χ2v) is 4.71. The minimum absolute atomic E-state index is 0.0222. The Bertz CT molecular complexity index is 614. The molecule has 0 fully saturated rings.